The molecule has 0 saturated heterocycles. The number of halogens is 2. The van der Waals surface area contributed by atoms with E-state index in [9.17, 15) is 9.50 Å². The van der Waals surface area contributed by atoms with Crippen LogP contribution in [0, 0.1) is 5.82 Å². The number of ether oxygens (including phenoxy) is 1. The molecule has 1 N–H and O–H groups in total. The Bertz CT molecular complexity index is 634. The molecule has 0 bridgehead atoms. The molecule has 0 saturated carbocycles. The van der Waals surface area contributed by atoms with Gasteiger partial charge in [0.05, 0.1) is 17.8 Å². The Labute approximate surface area is 128 Å². The first-order valence-corrected chi connectivity index (χ1v) is 6.99. The number of hydrogen-bond acceptors (Lipinski definition) is 3. The van der Waals surface area contributed by atoms with Gasteiger partial charge in [-0.3, -0.25) is 0 Å². The number of anilines is 1. The molecule has 0 fully saturated rings. The van der Waals surface area contributed by atoms with E-state index in [4.69, 9.17) is 16.3 Å². The molecule has 0 atom stereocenters. The van der Waals surface area contributed by atoms with E-state index in [1.807, 2.05) is 11.8 Å². The molecule has 0 aliphatic carbocycles. The lowest BCUT2D eigenvalue weighted by atomic mass is 10.1. The van der Waals surface area contributed by atoms with Gasteiger partial charge >= 0.3 is 0 Å². The normalized spacial score (nSPS) is 10.5. The average Bonchev–Trinajstić information content (AvgIpc) is 2.49. The number of nitrogens with zero attached hydrogens (tertiary/aromatic N) is 1. The van der Waals surface area contributed by atoms with Crippen LogP contribution < -0.4 is 9.64 Å². The second-order valence-electron chi connectivity index (χ2n) is 4.59. The molecule has 0 amide bonds. The third kappa shape index (κ3) is 3.39. The number of methoxy groups -OCH3 is 1. The second-order valence-corrected chi connectivity index (χ2v) is 5.00. The van der Waals surface area contributed by atoms with Crippen molar-refractivity contribution >= 4 is 17.3 Å². The van der Waals surface area contributed by atoms with Crippen molar-refractivity contribution < 1.29 is 14.2 Å². The number of hydrogen-bond donors (Lipinski definition) is 1. The number of aromatic hydroxyl groups is 1. The Hall–Kier alpha value is -1.94. The van der Waals surface area contributed by atoms with Crippen molar-refractivity contribution in [2.24, 2.45) is 0 Å². The smallest absolute Gasteiger partial charge is 0.176 e. The SMILES string of the molecule is CCN(Cc1cc(Cl)c(O)c(OC)c1)c1ccccc1F. The number of rotatable bonds is 5. The summed E-state index contributed by atoms with van der Waals surface area (Å²) in [6, 6.07) is 9.98. The van der Waals surface area contributed by atoms with Crippen LogP contribution in [0.5, 0.6) is 11.5 Å². The highest BCUT2D eigenvalue weighted by Gasteiger charge is 2.13. The molecular weight excluding hydrogens is 293 g/mol. The van der Waals surface area contributed by atoms with Crippen LogP contribution in [0.4, 0.5) is 10.1 Å². The molecule has 0 radical (unpaired) electrons. The van der Waals surface area contributed by atoms with Crippen LogP contribution in [0.15, 0.2) is 36.4 Å². The Morgan fingerprint density at radius 1 is 1.29 bits per heavy atom. The summed E-state index contributed by atoms with van der Waals surface area (Å²) in [5, 5.41) is 9.96. The second kappa shape index (κ2) is 6.68. The average molecular weight is 310 g/mol. The molecule has 0 spiro atoms. The molecule has 0 aliphatic heterocycles. The van der Waals surface area contributed by atoms with E-state index in [1.54, 1.807) is 30.3 Å². The van der Waals surface area contributed by atoms with E-state index < -0.39 is 0 Å². The third-order valence-corrected chi connectivity index (χ3v) is 3.54. The molecule has 112 valence electrons. The molecule has 2 rings (SSSR count). The lowest BCUT2D eigenvalue weighted by Crippen LogP contribution is -2.23. The van der Waals surface area contributed by atoms with E-state index in [2.05, 4.69) is 0 Å². The lowest BCUT2D eigenvalue weighted by Gasteiger charge is -2.24. The highest BCUT2D eigenvalue weighted by Crippen LogP contribution is 2.35. The fraction of sp³-hybridized carbons (Fsp3) is 0.250. The molecule has 0 aliphatic rings. The molecule has 5 heteroatoms. The zero-order valence-electron chi connectivity index (χ0n) is 11.9. The van der Waals surface area contributed by atoms with Gasteiger partial charge in [-0.2, -0.15) is 0 Å². The Morgan fingerprint density at radius 3 is 2.62 bits per heavy atom. The molecule has 3 nitrogen and oxygen atoms in total. The van der Waals surface area contributed by atoms with Gasteiger partial charge in [-0.1, -0.05) is 23.7 Å². The van der Waals surface area contributed by atoms with Gasteiger partial charge in [0, 0.05) is 13.1 Å². The van der Waals surface area contributed by atoms with Gasteiger partial charge in [0.1, 0.15) is 5.82 Å². The third-order valence-electron chi connectivity index (χ3n) is 3.26. The zero-order valence-corrected chi connectivity index (χ0v) is 12.7. The van der Waals surface area contributed by atoms with Gasteiger partial charge in [-0.05, 0) is 36.8 Å². The standard InChI is InChI=1S/C16H17ClFNO2/c1-3-19(14-7-5-4-6-13(14)18)10-11-8-12(17)16(20)15(9-11)21-2/h4-9,20H,3,10H2,1-2H3. The van der Waals surface area contributed by atoms with Gasteiger partial charge < -0.3 is 14.7 Å². The quantitative estimate of drug-likeness (QED) is 0.897. The van der Waals surface area contributed by atoms with Gasteiger partial charge in [-0.25, -0.2) is 4.39 Å². The highest BCUT2D eigenvalue weighted by atomic mass is 35.5. The van der Waals surface area contributed by atoms with Crippen LogP contribution in [-0.2, 0) is 6.54 Å². The molecule has 0 aromatic heterocycles. The maximum absolute atomic E-state index is 13.9. The van der Waals surface area contributed by atoms with Crippen molar-refractivity contribution in [2.75, 3.05) is 18.6 Å². The van der Waals surface area contributed by atoms with Crippen LogP contribution in [0.3, 0.4) is 0 Å². The fourth-order valence-corrected chi connectivity index (χ4v) is 2.40. The van der Waals surface area contributed by atoms with Crippen molar-refractivity contribution in [3.05, 3.63) is 52.8 Å². The van der Waals surface area contributed by atoms with Crippen molar-refractivity contribution in [3.63, 3.8) is 0 Å². The monoisotopic (exact) mass is 309 g/mol. The van der Waals surface area contributed by atoms with E-state index >= 15 is 0 Å². The fourth-order valence-electron chi connectivity index (χ4n) is 2.17. The first-order valence-electron chi connectivity index (χ1n) is 6.61. The van der Waals surface area contributed by atoms with Gasteiger partial charge in [-0.15, -0.1) is 0 Å². The summed E-state index contributed by atoms with van der Waals surface area (Å²) in [4.78, 5) is 1.89. The molecule has 2 aromatic carbocycles. The molecular formula is C16H17ClFNO2. The molecule has 0 heterocycles. The zero-order chi connectivity index (χ0) is 15.4. The number of phenolic OH excluding ortho intramolecular Hbond substituents is 1. The van der Waals surface area contributed by atoms with Crippen LogP contribution in [0.1, 0.15) is 12.5 Å². The minimum atomic E-state index is -0.267. The summed E-state index contributed by atoms with van der Waals surface area (Å²) < 4.78 is 19.0. The van der Waals surface area contributed by atoms with Crippen LogP contribution in [0.25, 0.3) is 0 Å². The Morgan fingerprint density at radius 2 is 2.00 bits per heavy atom. The minimum Gasteiger partial charge on any atom is -0.503 e. The Balaban J connectivity index is 2.31. The summed E-state index contributed by atoms with van der Waals surface area (Å²) in [5.74, 6) is -0.0462. The largest absolute Gasteiger partial charge is 0.503 e. The van der Waals surface area contributed by atoms with E-state index in [0.29, 0.717) is 24.5 Å². The summed E-state index contributed by atoms with van der Waals surface area (Å²) in [7, 11) is 1.46. The number of para-hydroxylation sites is 1. The summed E-state index contributed by atoms with van der Waals surface area (Å²) in [6.07, 6.45) is 0. The van der Waals surface area contributed by atoms with Crippen LogP contribution >= 0.6 is 11.6 Å². The predicted molar refractivity (Wildman–Crippen MR) is 82.8 cm³/mol. The summed E-state index contributed by atoms with van der Waals surface area (Å²) in [5.41, 5.74) is 1.36. The Kier molecular flexibility index (Phi) is 4.91. The first-order chi connectivity index (χ1) is 10.1. The van der Waals surface area contributed by atoms with Gasteiger partial charge in [0.15, 0.2) is 11.5 Å². The van der Waals surface area contributed by atoms with E-state index in [0.717, 1.165) is 5.56 Å². The van der Waals surface area contributed by atoms with Gasteiger partial charge in [0.25, 0.3) is 0 Å². The summed E-state index contributed by atoms with van der Waals surface area (Å²) >= 11 is 5.98. The highest BCUT2D eigenvalue weighted by molar-refractivity contribution is 6.32. The number of phenols is 1. The van der Waals surface area contributed by atoms with Crippen molar-refractivity contribution in [1.29, 1.82) is 0 Å². The lowest BCUT2D eigenvalue weighted by molar-refractivity contribution is 0.373. The molecule has 2 aromatic rings. The van der Waals surface area contributed by atoms with Crippen molar-refractivity contribution in [2.45, 2.75) is 13.5 Å². The predicted octanol–water partition coefficient (Wildman–Crippen LogP) is 4.22. The maximum atomic E-state index is 13.9. The van der Waals surface area contributed by atoms with Crippen LogP contribution in [-0.4, -0.2) is 18.8 Å². The topological polar surface area (TPSA) is 32.7 Å². The number of benzene rings is 2. The van der Waals surface area contributed by atoms with E-state index in [1.165, 1.54) is 13.2 Å². The first kappa shape index (κ1) is 15.4. The van der Waals surface area contributed by atoms with Crippen molar-refractivity contribution in [1.82, 2.24) is 0 Å². The van der Waals surface area contributed by atoms with Crippen LogP contribution in [0.2, 0.25) is 5.02 Å². The summed E-state index contributed by atoms with van der Waals surface area (Å²) in [6.45, 7) is 3.06. The van der Waals surface area contributed by atoms with Crippen molar-refractivity contribution in [3.8, 4) is 11.5 Å². The molecule has 0 unspecified atom stereocenters. The van der Waals surface area contributed by atoms with Gasteiger partial charge in [0.2, 0.25) is 0 Å². The molecule has 21 heavy (non-hydrogen) atoms. The maximum Gasteiger partial charge on any atom is 0.176 e. The minimum absolute atomic E-state index is 0.0862. The van der Waals surface area contributed by atoms with E-state index in [-0.39, 0.29) is 16.6 Å².